The van der Waals surface area contributed by atoms with Crippen molar-refractivity contribution < 1.29 is 0 Å². The zero-order chi connectivity index (χ0) is 13.6. The van der Waals surface area contributed by atoms with Crippen LogP contribution in [-0.4, -0.2) is 35.9 Å². The van der Waals surface area contributed by atoms with Crippen LogP contribution in [-0.2, 0) is 6.42 Å². The van der Waals surface area contributed by atoms with E-state index in [0.717, 1.165) is 31.9 Å². The number of rotatable bonds is 5. The zero-order valence-electron chi connectivity index (χ0n) is 11.5. The first-order valence-corrected chi connectivity index (χ1v) is 8.08. The van der Waals surface area contributed by atoms with E-state index in [1.807, 2.05) is 23.5 Å². The predicted molar refractivity (Wildman–Crippen MR) is 83.3 cm³/mol. The summed E-state index contributed by atoms with van der Waals surface area (Å²) in [5, 5.41) is 14.0. The maximum absolute atomic E-state index is 4.21. The molecule has 1 aliphatic heterocycles. The van der Waals surface area contributed by atoms with E-state index in [1.165, 1.54) is 17.7 Å². The summed E-state index contributed by atoms with van der Waals surface area (Å²) in [6.45, 7) is 3.17. The van der Waals surface area contributed by atoms with Crippen LogP contribution in [0.1, 0.15) is 17.7 Å². The first-order valence-electron chi connectivity index (χ1n) is 7.20. The first kappa shape index (κ1) is 13.5. The third kappa shape index (κ3) is 3.55. The molecule has 0 aromatic carbocycles. The van der Waals surface area contributed by atoms with Gasteiger partial charge in [0.2, 0.25) is 0 Å². The van der Waals surface area contributed by atoms with Crippen molar-refractivity contribution in [3.63, 3.8) is 0 Å². The molecule has 0 saturated carbocycles. The summed E-state index contributed by atoms with van der Waals surface area (Å²) in [6.07, 6.45) is 5.32. The van der Waals surface area contributed by atoms with Crippen LogP contribution in [0.3, 0.4) is 0 Å². The first-order chi connectivity index (χ1) is 9.92. The highest BCUT2D eigenvalue weighted by molar-refractivity contribution is 7.09. The van der Waals surface area contributed by atoms with E-state index in [4.69, 9.17) is 0 Å². The molecule has 0 unspecified atom stereocenters. The summed E-state index contributed by atoms with van der Waals surface area (Å²) in [4.78, 5) is 3.79. The Hall–Kier alpha value is -1.46. The molecule has 2 aromatic rings. The van der Waals surface area contributed by atoms with Crippen LogP contribution in [0.2, 0.25) is 0 Å². The summed E-state index contributed by atoms with van der Waals surface area (Å²) < 4.78 is 0. The largest absolute Gasteiger partial charge is 0.354 e. The zero-order valence-corrected chi connectivity index (χ0v) is 12.4. The Morgan fingerprint density at radius 3 is 3.15 bits per heavy atom. The molecule has 5 heteroatoms. The molecule has 1 N–H and O–H groups in total. The van der Waals surface area contributed by atoms with E-state index in [0.29, 0.717) is 6.04 Å². The molecule has 3 heterocycles. The molecule has 1 aliphatic rings. The van der Waals surface area contributed by atoms with Gasteiger partial charge in [-0.25, -0.2) is 0 Å². The number of anilines is 1. The number of hydrogen-bond acceptors (Lipinski definition) is 5. The van der Waals surface area contributed by atoms with Crippen LogP contribution in [0.25, 0.3) is 0 Å². The predicted octanol–water partition coefficient (Wildman–Crippen LogP) is 2.34. The molecule has 20 heavy (non-hydrogen) atoms. The van der Waals surface area contributed by atoms with Gasteiger partial charge in [0, 0.05) is 36.8 Å². The van der Waals surface area contributed by atoms with Crippen molar-refractivity contribution >= 4 is 17.2 Å². The van der Waals surface area contributed by atoms with Gasteiger partial charge in [-0.1, -0.05) is 6.07 Å². The lowest BCUT2D eigenvalue weighted by molar-refractivity contribution is 0.423. The van der Waals surface area contributed by atoms with Gasteiger partial charge < -0.3 is 10.2 Å². The highest BCUT2D eigenvalue weighted by atomic mass is 32.1. The normalized spacial score (nSPS) is 19.2. The molecule has 4 nitrogen and oxygen atoms in total. The lowest BCUT2D eigenvalue weighted by Crippen LogP contribution is -2.46. The average Bonchev–Trinajstić information content (AvgIpc) is 3.02. The number of hydrogen-bond donors (Lipinski definition) is 1. The second-order valence-electron chi connectivity index (χ2n) is 5.15. The van der Waals surface area contributed by atoms with Crippen LogP contribution in [0.5, 0.6) is 0 Å². The molecule has 1 atom stereocenters. The molecule has 0 aliphatic carbocycles. The van der Waals surface area contributed by atoms with Crippen LogP contribution >= 0.6 is 11.3 Å². The van der Waals surface area contributed by atoms with Crippen LogP contribution in [0, 0.1) is 0 Å². The van der Waals surface area contributed by atoms with Crippen molar-refractivity contribution in [2.24, 2.45) is 0 Å². The van der Waals surface area contributed by atoms with Crippen LogP contribution in [0.4, 0.5) is 5.82 Å². The molecule has 0 spiro atoms. The second-order valence-corrected chi connectivity index (χ2v) is 6.18. The minimum absolute atomic E-state index is 0.561. The lowest BCUT2D eigenvalue weighted by atomic mass is 10.1. The summed E-state index contributed by atoms with van der Waals surface area (Å²) in [5.41, 5.74) is 0. The van der Waals surface area contributed by atoms with Gasteiger partial charge >= 0.3 is 0 Å². The molecule has 0 radical (unpaired) electrons. The van der Waals surface area contributed by atoms with Gasteiger partial charge in [0.15, 0.2) is 5.82 Å². The van der Waals surface area contributed by atoms with Gasteiger partial charge in [-0.15, -0.1) is 16.4 Å². The Morgan fingerprint density at radius 1 is 1.35 bits per heavy atom. The molecule has 0 bridgehead atoms. The van der Waals surface area contributed by atoms with E-state index < -0.39 is 0 Å². The van der Waals surface area contributed by atoms with Crippen molar-refractivity contribution in [3.8, 4) is 0 Å². The van der Waals surface area contributed by atoms with Crippen molar-refractivity contribution in [2.75, 3.05) is 24.5 Å². The Kier molecular flexibility index (Phi) is 4.61. The van der Waals surface area contributed by atoms with E-state index in [2.05, 4.69) is 37.9 Å². The summed E-state index contributed by atoms with van der Waals surface area (Å²) in [7, 11) is 0. The number of aromatic nitrogens is 2. The highest BCUT2D eigenvalue weighted by Crippen LogP contribution is 2.16. The van der Waals surface area contributed by atoms with Gasteiger partial charge in [-0.2, -0.15) is 5.10 Å². The van der Waals surface area contributed by atoms with Gasteiger partial charge in [0.1, 0.15) is 0 Å². The Morgan fingerprint density at radius 2 is 2.35 bits per heavy atom. The monoisotopic (exact) mass is 288 g/mol. The maximum atomic E-state index is 4.21. The Bertz CT molecular complexity index is 500. The minimum Gasteiger partial charge on any atom is -0.354 e. The van der Waals surface area contributed by atoms with E-state index in [9.17, 15) is 0 Å². The SMILES string of the molecule is c1cnnc(N2CCC[C@@H](NCCc3cccs3)C2)c1. The quantitative estimate of drug-likeness (QED) is 0.917. The fraction of sp³-hybridized carbons (Fsp3) is 0.467. The van der Waals surface area contributed by atoms with Crippen molar-refractivity contribution in [2.45, 2.75) is 25.3 Å². The number of nitrogens with one attached hydrogen (secondary N) is 1. The molecule has 1 fully saturated rings. The lowest BCUT2D eigenvalue weighted by Gasteiger charge is -2.33. The second kappa shape index (κ2) is 6.81. The Labute approximate surface area is 123 Å². The van der Waals surface area contributed by atoms with Crippen LogP contribution in [0.15, 0.2) is 35.8 Å². The fourth-order valence-corrected chi connectivity index (χ4v) is 3.38. The smallest absolute Gasteiger partial charge is 0.151 e. The molecule has 1 saturated heterocycles. The molecule has 106 valence electrons. The molecule has 3 rings (SSSR count). The van der Waals surface area contributed by atoms with E-state index >= 15 is 0 Å². The van der Waals surface area contributed by atoms with Crippen LogP contribution < -0.4 is 10.2 Å². The van der Waals surface area contributed by atoms with Crippen molar-refractivity contribution in [1.29, 1.82) is 0 Å². The third-order valence-electron chi connectivity index (χ3n) is 3.69. The fourth-order valence-electron chi connectivity index (χ4n) is 2.67. The molecular weight excluding hydrogens is 268 g/mol. The van der Waals surface area contributed by atoms with Gasteiger partial charge in [0.25, 0.3) is 0 Å². The maximum Gasteiger partial charge on any atom is 0.151 e. The number of piperidine rings is 1. The van der Waals surface area contributed by atoms with Gasteiger partial charge in [-0.05, 0) is 42.8 Å². The molecule has 2 aromatic heterocycles. The summed E-state index contributed by atoms with van der Waals surface area (Å²) in [5.74, 6) is 0.997. The Balaban J connectivity index is 1.48. The summed E-state index contributed by atoms with van der Waals surface area (Å²) in [6, 6.07) is 8.89. The average molecular weight is 288 g/mol. The minimum atomic E-state index is 0.561. The van der Waals surface area contributed by atoms with E-state index in [1.54, 1.807) is 6.20 Å². The van der Waals surface area contributed by atoms with Crippen molar-refractivity contribution in [1.82, 2.24) is 15.5 Å². The summed E-state index contributed by atoms with van der Waals surface area (Å²) >= 11 is 1.84. The molecular formula is C15H20N4S. The standard InChI is InChI=1S/C15H20N4S/c1-6-15(18-17-8-1)19-10-2-4-13(12-19)16-9-7-14-5-3-11-20-14/h1,3,5-6,8,11,13,16H,2,4,7,9-10,12H2/t13-/m1/s1. The van der Waals surface area contributed by atoms with Crippen molar-refractivity contribution in [3.05, 3.63) is 40.7 Å². The van der Waals surface area contributed by atoms with Gasteiger partial charge in [0.05, 0.1) is 0 Å². The topological polar surface area (TPSA) is 41.1 Å². The number of nitrogens with zero attached hydrogens (tertiary/aromatic N) is 3. The molecule has 0 amide bonds. The highest BCUT2D eigenvalue weighted by Gasteiger charge is 2.20. The third-order valence-corrected chi connectivity index (χ3v) is 4.62. The van der Waals surface area contributed by atoms with E-state index in [-0.39, 0.29) is 0 Å². The number of thiophene rings is 1. The van der Waals surface area contributed by atoms with Gasteiger partial charge in [-0.3, -0.25) is 0 Å².